The van der Waals surface area contributed by atoms with Gasteiger partial charge in [-0.25, -0.2) is 14.1 Å². The van der Waals surface area contributed by atoms with Crippen LogP contribution in [0.15, 0.2) is 35.9 Å². The van der Waals surface area contributed by atoms with Gasteiger partial charge in [0, 0.05) is 13.1 Å². The molecule has 1 aromatic rings. The lowest BCUT2D eigenvalue weighted by Crippen LogP contribution is -2.40. The van der Waals surface area contributed by atoms with Gasteiger partial charge in [0.15, 0.2) is 0 Å². The quantitative estimate of drug-likeness (QED) is 0.419. The second-order valence-electron chi connectivity index (χ2n) is 7.12. The zero-order chi connectivity index (χ0) is 19.4. The van der Waals surface area contributed by atoms with Gasteiger partial charge in [-0.05, 0) is 56.8 Å². The van der Waals surface area contributed by atoms with Crippen molar-refractivity contribution in [3.8, 4) is 0 Å². The van der Waals surface area contributed by atoms with E-state index < -0.39 is 17.8 Å². The van der Waals surface area contributed by atoms with Crippen molar-refractivity contribution in [2.45, 2.75) is 38.6 Å². The summed E-state index contributed by atoms with van der Waals surface area (Å²) in [6.07, 6.45) is 7.12. The molecule has 1 heterocycles. The minimum absolute atomic E-state index is 0.0148. The minimum Gasteiger partial charge on any atom is -0.284 e. The Kier molecular flexibility index (Phi) is 6.01. The van der Waals surface area contributed by atoms with Gasteiger partial charge < -0.3 is 0 Å². The Hall–Kier alpha value is -2.54. The van der Waals surface area contributed by atoms with Crippen molar-refractivity contribution >= 4 is 17.8 Å². The summed E-state index contributed by atoms with van der Waals surface area (Å²) >= 11 is 0. The molecule has 2 aliphatic rings. The van der Waals surface area contributed by atoms with Crippen LogP contribution in [0.3, 0.4) is 0 Å². The van der Waals surface area contributed by atoms with Crippen LogP contribution in [-0.2, 0) is 16.1 Å². The summed E-state index contributed by atoms with van der Waals surface area (Å²) in [6.45, 7) is 0.578. The Labute approximate surface area is 158 Å². The largest absolute Gasteiger partial charge is 0.335 e. The molecule has 4 amide bonds. The van der Waals surface area contributed by atoms with E-state index in [1.54, 1.807) is 24.1 Å². The molecule has 0 bridgehead atoms. The molecule has 3 rings (SSSR count). The molecule has 144 valence electrons. The average Bonchev–Trinajstić information content (AvgIpc) is 2.84. The Bertz CT molecular complexity index is 777. The second-order valence-corrected chi connectivity index (χ2v) is 7.12. The number of carbonyl (C=O) groups is 3. The first-order valence-corrected chi connectivity index (χ1v) is 9.24. The smallest absolute Gasteiger partial charge is 0.284 e. The maximum Gasteiger partial charge on any atom is 0.335 e. The highest BCUT2D eigenvalue weighted by Gasteiger charge is 2.44. The van der Waals surface area contributed by atoms with Crippen LogP contribution in [-0.4, -0.2) is 52.8 Å². The van der Waals surface area contributed by atoms with Gasteiger partial charge in [0.25, 0.3) is 0 Å². The van der Waals surface area contributed by atoms with Gasteiger partial charge >= 0.3 is 17.8 Å². The maximum atomic E-state index is 13.3. The van der Waals surface area contributed by atoms with Crippen LogP contribution in [0.25, 0.3) is 0 Å². The van der Waals surface area contributed by atoms with Crippen molar-refractivity contribution in [2.75, 3.05) is 20.3 Å². The molecule has 0 saturated carbocycles. The van der Waals surface area contributed by atoms with Crippen LogP contribution >= 0.6 is 0 Å². The molecule has 0 radical (unpaired) electrons. The first-order valence-electron chi connectivity index (χ1n) is 9.24. The number of nitrogens with zero attached hydrogens (tertiary/aromatic N) is 3. The molecule has 27 heavy (non-hydrogen) atoms. The van der Waals surface area contributed by atoms with Gasteiger partial charge in [-0.15, -0.1) is 0 Å². The van der Waals surface area contributed by atoms with Gasteiger partial charge in [-0.2, -0.15) is 0 Å². The van der Waals surface area contributed by atoms with Crippen molar-refractivity contribution in [3.05, 3.63) is 47.3 Å². The third-order valence-electron chi connectivity index (χ3n) is 4.90. The van der Waals surface area contributed by atoms with E-state index in [0.29, 0.717) is 13.0 Å². The summed E-state index contributed by atoms with van der Waals surface area (Å²) < 4.78 is 13.3. The molecule has 0 unspecified atom stereocenters. The fourth-order valence-corrected chi connectivity index (χ4v) is 3.50. The number of allylic oxidation sites excluding steroid dienone is 1. The van der Waals surface area contributed by atoms with E-state index >= 15 is 0 Å². The second kappa shape index (κ2) is 8.43. The van der Waals surface area contributed by atoms with E-state index in [1.165, 1.54) is 24.1 Å². The van der Waals surface area contributed by atoms with E-state index in [9.17, 15) is 18.8 Å². The normalized spacial score (nSPS) is 17.9. The number of halogens is 1. The maximum absolute atomic E-state index is 13.3. The highest BCUT2D eigenvalue weighted by Crippen LogP contribution is 2.22. The lowest BCUT2D eigenvalue weighted by Gasteiger charge is -2.22. The molecule has 0 spiro atoms. The molecule has 0 atom stereocenters. The Balaban J connectivity index is 1.58. The van der Waals surface area contributed by atoms with E-state index in [2.05, 4.69) is 6.08 Å². The number of urea groups is 1. The average molecular weight is 373 g/mol. The van der Waals surface area contributed by atoms with E-state index in [0.717, 1.165) is 34.6 Å². The summed E-state index contributed by atoms with van der Waals surface area (Å²) in [5.41, 5.74) is 1.97. The molecular weight excluding hydrogens is 349 g/mol. The van der Waals surface area contributed by atoms with Crippen LogP contribution in [0.4, 0.5) is 9.18 Å². The van der Waals surface area contributed by atoms with Crippen molar-refractivity contribution in [1.29, 1.82) is 0 Å². The van der Waals surface area contributed by atoms with E-state index in [4.69, 9.17) is 0 Å². The minimum atomic E-state index is -0.802. The van der Waals surface area contributed by atoms with Crippen LogP contribution in [0.1, 0.15) is 37.7 Å². The molecule has 1 aliphatic heterocycles. The molecule has 0 N–H and O–H groups in total. The number of carbonyl (C=O) groups excluding carboxylic acids is 3. The van der Waals surface area contributed by atoms with Crippen molar-refractivity contribution < 1.29 is 18.8 Å². The van der Waals surface area contributed by atoms with Crippen molar-refractivity contribution in [2.24, 2.45) is 0 Å². The third kappa shape index (κ3) is 4.60. The molecule has 1 saturated heterocycles. The molecule has 7 heteroatoms. The standard InChI is InChI=1S/C20H24FN3O3/c1-22(13-16-8-5-9-17(21)12-16)14-24-19(26)18(25)23(20(24)27)11-10-15-6-3-2-4-7-15/h5-6,8-9,12H,2-4,7,10-11,13-14H2,1H3. The predicted octanol–water partition coefficient (Wildman–Crippen LogP) is 2.90. The number of amides is 4. The van der Waals surface area contributed by atoms with E-state index in [1.807, 2.05) is 0 Å². The highest BCUT2D eigenvalue weighted by molar-refractivity contribution is 6.44. The molecular formula is C20H24FN3O3. The monoisotopic (exact) mass is 373 g/mol. The molecule has 6 nitrogen and oxygen atoms in total. The number of imide groups is 2. The summed E-state index contributed by atoms with van der Waals surface area (Å²) in [5, 5.41) is 0. The van der Waals surface area contributed by atoms with Crippen LogP contribution in [0.2, 0.25) is 0 Å². The van der Waals surface area contributed by atoms with Crippen LogP contribution < -0.4 is 0 Å². The molecule has 0 aromatic heterocycles. The Morgan fingerprint density at radius 1 is 1.11 bits per heavy atom. The number of hydrogen-bond donors (Lipinski definition) is 0. The predicted molar refractivity (Wildman–Crippen MR) is 97.9 cm³/mol. The first kappa shape index (κ1) is 19.2. The summed E-state index contributed by atoms with van der Waals surface area (Å²) in [6, 6.07) is 5.56. The van der Waals surface area contributed by atoms with E-state index in [-0.39, 0.29) is 19.0 Å². The number of hydrogen-bond acceptors (Lipinski definition) is 4. The summed E-state index contributed by atoms with van der Waals surface area (Å²) in [4.78, 5) is 40.7. The SMILES string of the molecule is CN(Cc1cccc(F)c1)CN1C(=O)C(=O)N(CCC2=CCCCC2)C1=O. The fourth-order valence-electron chi connectivity index (χ4n) is 3.50. The lowest BCUT2D eigenvalue weighted by molar-refractivity contribution is -0.143. The lowest BCUT2D eigenvalue weighted by atomic mass is 9.97. The van der Waals surface area contributed by atoms with Gasteiger partial charge in [-0.1, -0.05) is 23.8 Å². The number of benzene rings is 1. The van der Waals surface area contributed by atoms with Gasteiger partial charge in [0.2, 0.25) is 0 Å². The van der Waals surface area contributed by atoms with Crippen LogP contribution in [0.5, 0.6) is 0 Å². The van der Waals surface area contributed by atoms with Crippen LogP contribution in [0, 0.1) is 5.82 Å². The third-order valence-corrected chi connectivity index (χ3v) is 4.90. The fraction of sp³-hybridized carbons (Fsp3) is 0.450. The number of rotatable bonds is 7. The molecule has 1 aromatic carbocycles. The van der Waals surface area contributed by atoms with Gasteiger partial charge in [-0.3, -0.25) is 19.4 Å². The zero-order valence-electron chi connectivity index (χ0n) is 15.5. The Morgan fingerprint density at radius 3 is 2.59 bits per heavy atom. The summed E-state index contributed by atoms with van der Waals surface area (Å²) in [7, 11) is 1.71. The van der Waals surface area contributed by atoms with Gasteiger partial charge in [0.1, 0.15) is 5.82 Å². The Morgan fingerprint density at radius 2 is 1.89 bits per heavy atom. The van der Waals surface area contributed by atoms with Crippen molar-refractivity contribution in [1.82, 2.24) is 14.7 Å². The summed E-state index contributed by atoms with van der Waals surface area (Å²) in [5.74, 6) is -1.91. The highest BCUT2D eigenvalue weighted by atomic mass is 19.1. The van der Waals surface area contributed by atoms with Gasteiger partial charge in [0.05, 0.1) is 6.67 Å². The molecule has 1 aliphatic carbocycles. The topological polar surface area (TPSA) is 60.9 Å². The van der Waals surface area contributed by atoms with Crippen molar-refractivity contribution in [3.63, 3.8) is 0 Å². The molecule has 1 fully saturated rings. The zero-order valence-corrected chi connectivity index (χ0v) is 15.5. The first-order chi connectivity index (χ1) is 13.0.